The number of esters is 1. The van der Waals surface area contributed by atoms with Gasteiger partial charge in [0.05, 0.1) is 63.6 Å². The highest BCUT2D eigenvalue weighted by Gasteiger charge is 2.34. The van der Waals surface area contributed by atoms with Crippen molar-refractivity contribution < 1.29 is 71.1 Å². The van der Waals surface area contributed by atoms with Crippen molar-refractivity contribution in [3.05, 3.63) is 0 Å². The molecule has 7 N–H and O–H groups in total. The molecule has 0 bridgehead atoms. The minimum absolute atomic E-state index is 0.0135. The number of nitrogens with one attached hydrogen (secondary N) is 4. The summed E-state index contributed by atoms with van der Waals surface area (Å²) in [5.74, 6) is -1.61. The van der Waals surface area contributed by atoms with Gasteiger partial charge in [0.2, 0.25) is 23.6 Å². The van der Waals surface area contributed by atoms with Crippen LogP contribution in [-0.2, 0) is 66.0 Å². The van der Waals surface area contributed by atoms with Crippen molar-refractivity contribution in [1.82, 2.24) is 21.3 Å². The highest BCUT2D eigenvalue weighted by atomic mass is 31.2. The number of nitrogens with two attached hydrogens (primary N) is 1. The zero-order valence-electron chi connectivity index (χ0n) is 48.8. The van der Waals surface area contributed by atoms with Crippen LogP contribution in [0.3, 0.4) is 0 Å². The lowest BCUT2D eigenvalue weighted by molar-refractivity contribution is -0.159. The molecular formula is C55H108N5O15P. The summed E-state index contributed by atoms with van der Waals surface area (Å²) in [7, 11) is -3.14. The number of carbonyl (C=O) groups excluding carboxylic acids is 5. The molecule has 21 heteroatoms. The van der Waals surface area contributed by atoms with Gasteiger partial charge in [-0.25, -0.2) is 4.79 Å². The van der Waals surface area contributed by atoms with E-state index in [2.05, 4.69) is 21.3 Å². The molecule has 0 spiro atoms. The lowest BCUT2D eigenvalue weighted by Gasteiger charge is -2.32. The van der Waals surface area contributed by atoms with E-state index >= 15 is 0 Å². The van der Waals surface area contributed by atoms with Crippen LogP contribution in [0.15, 0.2) is 0 Å². The molecule has 448 valence electrons. The van der Waals surface area contributed by atoms with Crippen molar-refractivity contribution >= 4 is 37.2 Å². The molecule has 0 aromatic heterocycles. The van der Waals surface area contributed by atoms with E-state index < -0.39 is 36.4 Å². The number of amides is 4. The number of ether oxygens (including phenoxy) is 6. The largest absolute Gasteiger partial charge is 0.458 e. The number of carbonyl (C=O) groups is 5. The number of aliphatic hydroxyl groups excluding tert-OH is 1. The van der Waals surface area contributed by atoms with Crippen LogP contribution in [0.5, 0.6) is 0 Å². The van der Waals surface area contributed by atoms with E-state index in [0.717, 1.165) is 64.2 Å². The van der Waals surface area contributed by atoms with Gasteiger partial charge in [-0.2, -0.15) is 0 Å². The van der Waals surface area contributed by atoms with Crippen molar-refractivity contribution in [3.8, 4) is 0 Å². The Hall–Kier alpha value is -2.78. The second-order valence-electron chi connectivity index (χ2n) is 22.5. The predicted molar refractivity (Wildman–Crippen MR) is 297 cm³/mol. The zero-order valence-corrected chi connectivity index (χ0v) is 49.7. The van der Waals surface area contributed by atoms with E-state index in [1.54, 1.807) is 20.8 Å². The Labute approximate surface area is 458 Å². The Kier molecular flexibility index (Phi) is 43.4. The molecule has 2 atom stereocenters. The third kappa shape index (κ3) is 50.7. The van der Waals surface area contributed by atoms with E-state index in [1.807, 2.05) is 41.5 Å². The molecular weight excluding hydrogens is 1000 g/mol. The Morgan fingerprint density at radius 3 is 1.37 bits per heavy atom. The summed E-state index contributed by atoms with van der Waals surface area (Å²) in [5, 5.41) is 19.7. The Bertz CT molecular complexity index is 1540. The third-order valence-corrected chi connectivity index (χ3v) is 13.7. The maximum atomic E-state index is 13.3. The maximum Gasteiger partial charge on any atom is 0.331 e. The Balaban J connectivity index is 3.99. The maximum absolute atomic E-state index is 13.3. The third-order valence-electron chi connectivity index (χ3n) is 11.2. The van der Waals surface area contributed by atoms with Crippen LogP contribution in [0.2, 0.25) is 0 Å². The van der Waals surface area contributed by atoms with Gasteiger partial charge in [-0.05, 0) is 94.4 Å². The number of rotatable bonds is 50. The van der Waals surface area contributed by atoms with E-state index in [0.29, 0.717) is 25.7 Å². The molecule has 0 saturated heterocycles. The van der Waals surface area contributed by atoms with Crippen molar-refractivity contribution in [1.29, 1.82) is 0 Å². The van der Waals surface area contributed by atoms with Crippen LogP contribution in [0.4, 0.5) is 0 Å². The fraction of sp³-hybridized carbons (Fsp3) is 0.909. The Morgan fingerprint density at radius 2 is 0.908 bits per heavy atom. The van der Waals surface area contributed by atoms with E-state index in [-0.39, 0.29) is 115 Å². The summed E-state index contributed by atoms with van der Waals surface area (Å²) in [4.78, 5) is 62.3. The van der Waals surface area contributed by atoms with Crippen LogP contribution in [-0.4, -0.2) is 156 Å². The summed E-state index contributed by atoms with van der Waals surface area (Å²) in [6.07, 6.45) is 21.3. The molecule has 0 radical (unpaired) electrons. The van der Waals surface area contributed by atoms with Gasteiger partial charge < -0.3 is 69.6 Å². The van der Waals surface area contributed by atoms with E-state index in [1.165, 1.54) is 57.8 Å². The molecule has 0 aliphatic carbocycles. The summed E-state index contributed by atoms with van der Waals surface area (Å²) in [6, 6.07) is -1.08. The topological polar surface area (TPSA) is 271 Å². The highest BCUT2D eigenvalue weighted by molar-refractivity contribution is 7.53. The average molecular weight is 1110 g/mol. The first-order valence-electron chi connectivity index (χ1n) is 28.5. The summed E-state index contributed by atoms with van der Waals surface area (Å²) >= 11 is 0. The molecule has 0 unspecified atom stereocenters. The van der Waals surface area contributed by atoms with Gasteiger partial charge in [0.1, 0.15) is 31.6 Å². The lowest BCUT2D eigenvalue weighted by atomic mass is 10.0. The SMILES string of the molecule is CC(C)(C)OC(=O)[C@H](CCC(=O)NCCOCCOCC(=O)NCCOCCOCC(=O)NCCCC[C@H](N)COCO)NC(=O)CCCCCCCCCCCCCCCCCCP(=O)(OC(C)(C)C)OC(C)(C)C. The van der Waals surface area contributed by atoms with Crippen LogP contribution < -0.4 is 27.0 Å². The molecule has 0 rings (SSSR count). The lowest BCUT2D eigenvalue weighted by Crippen LogP contribution is -2.44. The molecule has 0 aliphatic rings. The minimum atomic E-state index is -3.14. The van der Waals surface area contributed by atoms with E-state index in [4.69, 9.17) is 48.3 Å². The number of hydrogen-bond donors (Lipinski definition) is 6. The number of aliphatic hydroxyl groups is 1. The summed E-state index contributed by atoms with van der Waals surface area (Å²) in [6.45, 7) is 18.9. The summed E-state index contributed by atoms with van der Waals surface area (Å²) < 4.78 is 57.1. The highest BCUT2D eigenvalue weighted by Crippen LogP contribution is 2.55. The first-order valence-corrected chi connectivity index (χ1v) is 30.2. The molecule has 4 amide bonds. The number of unbranched alkanes of at least 4 members (excludes halogenated alkanes) is 16. The van der Waals surface area contributed by atoms with Crippen molar-refractivity contribution in [2.45, 2.75) is 232 Å². The molecule has 0 saturated carbocycles. The fourth-order valence-electron chi connectivity index (χ4n) is 7.71. The molecule has 20 nitrogen and oxygen atoms in total. The first-order chi connectivity index (χ1) is 35.9. The van der Waals surface area contributed by atoms with Gasteiger partial charge in [-0.3, -0.25) is 23.7 Å². The van der Waals surface area contributed by atoms with Crippen molar-refractivity contribution in [2.75, 3.05) is 92.1 Å². The fourth-order valence-corrected chi connectivity index (χ4v) is 10.2. The van der Waals surface area contributed by atoms with Gasteiger partial charge in [-0.15, -0.1) is 0 Å². The molecule has 0 heterocycles. The van der Waals surface area contributed by atoms with Gasteiger partial charge >= 0.3 is 13.6 Å². The quantitative estimate of drug-likeness (QED) is 0.0146. The second kappa shape index (κ2) is 45.0. The molecule has 0 fully saturated rings. The molecule has 0 aromatic rings. The monoisotopic (exact) mass is 1110 g/mol. The number of hydrogen-bond acceptors (Lipinski definition) is 16. The van der Waals surface area contributed by atoms with E-state index in [9.17, 15) is 28.5 Å². The molecule has 0 aromatic carbocycles. The molecule has 76 heavy (non-hydrogen) atoms. The molecule has 0 aliphatic heterocycles. The average Bonchev–Trinajstić information content (AvgIpc) is 3.31. The van der Waals surface area contributed by atoms with Crippen LogP contribution >= 0.6 is 7.60 Å². The minimum Gasteiger partial charge on any atom is -0.458 e. The standard InChI is InChI=1S/C55H108N5O15P/c1-53(2,3)73-52(66)47(60-49(63)29-24-22-20-18-16-14-12-10-11-13-15-17-19-21-23-27-41-76(67,74-54(4,5)6)75-55(7,8)9)30-31-48(62)58-33-35-68-37-40-71-44-51(65)59-34-36-69-38-39-70-43-50(64)57-32-26-25-28-46(56)42-72-45-61/h46-47,61H,10-45,56H2,1-9H3,(H,57,64)(H,58,62)(H,59,65)(H,60,63)/t46-,47-/m0/s1. The van der Waals surface area contributed by atoms with Crippen LogP contribution in [0, 0.1) is 0 Å². The van der Waals surface area contributed by atoms with Gasteiger partial charge in [0, 0.05) is 38.5 Å². The van der Waals surface area contributed by atoms with Crippen molar-refractivity contribution in [3.63, 3.8) is 0 Å². The normalized spacial score (nSPS) is 13.0. The first kappa shape index (κ1) is 73.2. The Morgan fingerprint density at radius 1 is 0.474 bits per heavy atom. The smallest absolute Gasteiger partial charge is 0.331 e. The van der Waals surface area contributed by atoms with Crippen molar-refractivity contribution in [2.24, 2.45) is 5.73 Å². The van der Waals surface area contributed by atoms with Gasteiger partial charge in [-0.1, -0.05) is 96.3 Å². The van der Waals surface area contributed by atoms with Gasteiger partial charge in [0.25, 0.3) is 0 Å². The zero-order chi connectivity index (χ0) is 57.0. The van der Waals surface area contributed by atoms with Crippen LogP contribution in [0.1, 0.15) is 204 Å². The van der Waals surface area contributed by atoms with Gasteiger partial charge in [0.15, 0.2) is 0 Å². The van der Waals surface area contributed by atoms with Crippen LogP contribution in [0.25, 0.3) is 0 Å². The summed E-state index contributed by atoms with van der Waals surface area (Å²) in [5.41, 5.74) is 4.08. The second-order valence-corrected chi connectivity index (χ2v) is 24.5. The predicted octanol–water partition coefficient (Wildman–Crippen LogP) is 7.93.